The predicted molar refractivity (Wildman–Crippen MR) is 165 cm³/mol. The molecule has 1 saturated heterocycles. The molecule has 0 unspecified atom stereocenters. The number of halogens is 4. The summed E-state index contributed by atoms with van der Waals surface area (Å²) in [6.07, 6.45) is -0.754. The lowest BCUT2D eigenvalue weighted by atomic mass is 9.67. The Balaban J connectivity index is 1.24. The van der Waals surface area contributed by atoms with E-state index in [1.54, 1.807) is 19.2 Å². The van der Waals surface area contributed by atoms with Crippen LogP contribution in [-0.2, 0) is 11.7 Å². The van der Waals surface area contributed by atoms with Gasteiger partial charge in [-0.2, -0.15) is 18.2 Å². The molecule has 1 saturated carbocycles. The summed E-state index contributed by atoms with van der Waals surface area (Å²) in [6.45, 7) is 5.73. The number of alkyl halides is 3. The fourth-order valence-electron chi connectivity index (χ4n) is 6.92. The highest BCUT2D eigenvalue weighted by atomic mass is 19.4. The number of carbonyl (C=O) groups excluding carboxylic acids is 2. The van der Waals surface area contributed by atoms with Gasteiger partial charge in [0.15, 0.2) is 0 Å². The molecule has 0 atom stereocenters. The first kappa shape index (κ1) is 32.5. The molecule has 2 amide bonds. The maximum atomic E-state index is 15.3. The van der Waals surface area contributed by atoms with Crippen molar-refractivity contribution < 1.29 is 36.6 Å². The Bertz CT molecular complexity index is 1730. The summed E-state index contributed by atoms with van der Waals surface area (Å²) in [5, 5.41) is 5.61. The molecular formula is C33H36F4N6O4. The molecule has 250 valence electrons. The zero-order valence-corrected chi connectivity index (χ0v) is 26.7. The van der Waals surface area contributed by atoms with Crippen molar-refractivity contribution in [2.24, 2.45) is 5.41 Å². The largest absolute Gasteiger partial charge is 0.495 e. The van der Waals surface area contributed by atoms with Gasteiger partial charge in [-0.15, -0.1) is 0 Å². The molecule has 1 spiro atoms. The number of likely N-dealkylation sites (tertiary alicyclic amines) is 1. The second kappa shape index (κ2) is 11.7. The fraction of sp³-hybridized carbons (Fsp3) is 0.455. The summed E-state index contributed by atoms with van der Waals surface area (Å²) < 4.78 is 68.4. The monoisotopic (exact) mass is 656 g/mol. The van der Waals surface area contributed by atoms with Crippen LogP contribution < -0.4 is 20.1 Å². The number of anilines is 2. The molecule has 10 nitrogen and oxygen atoms in total. The molecule has 3 aliphatic rings. The van der Waals surface area contributed by atoms with Crippen molar-refractivity contribution in [3.8, 4) is 17.4 Å². The van der Waals surface area contributed by atoms with Crippen LogP contribution in [-0.4, -0.2) is 71.9 Å². The smallest absolute Gasteiger partial charge is 0.423 e. The minimum Gasteiger partial charge on any atom is -0.495 e. The highest BCUT2D eigenvalue weighted by Crippen LogP contribution is 2.45. The van der Waals surface area contributed by atoms with Gasteiger partial charge in [-0.3, -0.25) is 9.59 Å². The molecular weight excluding hydrogens is 620 g/mol. The number of hydrogen-bond donors (Lipinski definition) is 2. The molecule has 0 bridgehead atoms. The topological polar surface area (TPSA) is 109 Å². The average Bonchev–Trinajstić information content (AvgIpc) is 3.17. The molecule has 3 heterocycles. The Morgan fingerprint density at radius 1 is 1.09 bits per heavy atom. The van der Waals surface area contributed by atoms with Crippen LogP contribution in [0, 0.1) is 11.2 Å². The number of aromatic nitrogens is 2. The van der Waals surface area contributed by atoms with Crippen molar-refractivity contribution in [2.45, 2.75) is 57.3 Å². The van der Waals surface area contributed by atoms with E-state index in [0.717, 1.165) is 44.8 Å². The standard InChI is InChI=1S/C33H36F4N6O4/c1-31(2)20-7-6-8-24(26(20)29(45)43(31)4)47-28-21(33(35,36)37)15-38-30(41-28)40-23-14-22(34)19(13-25(23)46-5)27(44)39-18-9-11-32(12-10-18)16-42(3)17-32/h6-8,13-15,18H,9-12,16-17H2,1-5H3,(H,39,44)(H,38,40,41). The van der Waals surface area contributed by atoms with E-state index in [2.05, 4.69) is 32.5 Å². The van der Waals surface area contributed by atoms with Crippen LogP contribution in [0.1, 0.15) is 71.4 Å². The van der Waals surface area contributed by atoms with E-state index in [4.69, 9.17) is 9.47 Å². The predicted octanol–water partition coefficient (Wildman–Crippen LogP) is 6.10. The number of fused-ring (bicyclic) bond motifs is 1. The summed E-state index contributed by atoms with van der Waals surface area (Å²) >= 11 is 0. The van der Waals surface area contributed by atoms with Crippen LogP contribution in [0.2, 0.25) is 0 Å². The van der Waals surface area contributed by atoms with Crippen molar-refractivity contribution in [3.63, 3.8) is 0 Å². The van der Waals surface area contributed by atoms with E-state index in [9.17, 15) is 22.8 Å². The minimum atomic E-state index is -4.89. The van der Waals surface area contributed by atoms with E-state index < -0.39 is 40.8 Å². The third-order valence-corrected chi connectivity index (χ3v) is 9.68. The summed E-state index contributed by atoms with van der Waals surface area (Å²) in [7, 11) is 4.99. The second-order valence-corrected chi connectivity index (χ2v) is 13.2. The summed E-state index contributed by atoms with van der Waals surface area (Å²) in [4.78, 5) is 37.6. The molecule has 47 heavy (non-hydrogen) atoms. The van der Waals surface area contributed by atoms with E-state index in [1.807, 2.05) is 13.8 Å². The Hall–Kier alpha value is -4.46. The molecule has 2 fully saturated rings. The quantitative estimate of drug-likeness (QED) is 0.294. The van der Waals surface area contributed by atoms with Crippen LogP contribution in [0.15, 0.2) is 36.5 Å². The summed E-state index contributed by atoms with van der Waals surface area (Å²) in [5.74, 6) is -3.15. The summed E-state index contributed by atoms with van der Waals surface area (Å²) in [5.41, 5.74) is -1.22. The normalized spacial score (nSPS) is 18.9. The van der Waals surface area contributed by atoms with Crippen LogP contribution >= 0.6 is 0 Å². The van der Waals surface area contributed by atoms with E-state index in [-0.39, 0.29) is 40.3 Å². The first-order valence-electron chi connectivity index (χ1n) is 15.3. The van der Waals surface area contributed by atoms with Gasteiger partial charge in [-0.25, -0.2) is 9.37 Å². The van der Waals surface area contributed by atoms with Crippen molar-refractivity contribution in [1.29, 1.82) is 0 Å². The van der Waals surface area contributed by atoms with Gasteiger partial charge in [0, 0.05) is 38.4 Å². The lowest BCUT2D eigenvalue weighted by Crippen LogP contribution is -2.57. The van der Waals surface area contributed by atoms with E-state index >= 15 is 4.39 Å². The first-order valence-corrected chi connectivity index (χ1v) is 15.3. The number of amides is 2. The van der Waals surface area contributed by atoms with Crippen molar-refractivity contribution in [2.75, 3.05) is 39.6 Å². The Morgan fingerprint density at radius 3 is 2.43 bits per heavy atom. The molecule has 0 radical (unpaired) electrons. The van der Waals surface area contributed by atoms with Crippen molar-refractivity contribution in [1.82, 2.24) is 25.1 Å². The number of hydrogen-bond acceptors (Lipinski definition) is 8. The van der Waals surface area contributed by atoms with Gasteiger partial charge in [0.2, 0.25) is 11.8 Å². The lowest BCUT2D eigenvalue weighted by Gasteiger charge is -2.52. The zero-order chi connectivity index (χ0) is 33.9. The van der Waals surface area contributed by atoms with Gasteiger partial charge in [0.05, 0.1) is 29.5 Å². The second-order valence-electron chi connectivity index (χ2n) is 13.2. The van der Waals surface area contributed by atoms with Gasteiger partial charge in [-0.1, -0.05) is 12.1 Å². The van der Waals surface area contributed by atoms with Gasteiger partial charge in [0.25, 0.3) is 11.8 Å². The molecule has 2 aromatic carbocycles. The highest BCUT2D eigenvalue weighted by Gasteiger charge is 2.45. The number of carbonyl (C=O) groups is 2. The number of methoxy groups -OCH3 is 1. The van der Waals surface area contributed by atoms with Crippen LogP contribution in [0.3, 0.4) is 0 Å². The number of nitrogens with zero attached hydrogens (tertiary/aromatic N) is 4. The molecule has 2 aliphatic heterocycles. The third-order valence-electron chi connectivity index (χ3n) is 9.68. The van der Waals surface area contributed by atoms with Crippen LogP contribution in [0.4, 0.5) is 29.2 Å². The number of ether oxygens (including phenoxy) is 2. The van der Waals surface area contributed by atoms with Gasteiger partial charge >= 0.3 is 6.18 Å². The maximum absolute atomic E-state index is 15.3. The molecule has 14 heteroatoms. The minimum absolute atomic E-state index is 0.0277. The maximum Gasteiger partial charge on any atom is 0.423 e. The highest BCUT2D eigenvalue weighted by molar-refractivity contribution is 6.02. The molecule has 1 aliphatic carbocycles. The Morgan fingerprint density at radius 2 is 1.79 bits per heavy atom. The lowest BCUT2D eigenvalue weighted by molar-refractivity contribution is -0.139. The van der Waals surface area contributed by atoms with Crippen molar-refractivity contribution >= 4 is 23.5 Å². The van der Waals surface area contributed by atoms with E-state index in [1.165, 1.54) is 24.1 Å². The number of nitrogens with one attached hydrogen (secondary N) is 2. The van der Waals surface area contributed by atoms with Crippen LogP contribution in [0.25, 0.3) is 0 Å². The SMILES string of the molecule is COc1cc(C(=O)NC2CCC3(CC2)CN(C)C3)c(F)cc1Nc1ncc(C(F)(F)F)c(Oc2cccc3c2C(=O)N(C)C3(C)C)n1. The summed E-state index contributed by atoms with van der Waals surface area (Å²) in [6, 6.07) is 6.82. The molecule has 1 aromatic heterocycles. The fourth-order valence-corrected chi connectivity index (χ4v) is 6.92. The third kappa shape index (κ3) is 5.94. The van der Waals surface area contributed by atoms with Gasteiger partial charge in [-0.05, 0) is 69.7 Å². The number of benzene rings is 2. The van der Waals surface area contributed by atoms with Gasteiger partial charge < -0.3 is 29.9 Å². The molecule has 3 aromatic rings. The molecule has 6 rings (SSSR count). The number of rotatable bonds is 7. The molecule has 2 N–H and O–H groups in total. The van der Waals surface area contributed by atoms with E-state index in [0.29, 0.717) is 17.2 Å². The van der Waals surface area contributed by atoms with Gasteiger partial charge in [0.1, 0.15) is 22.9 Å². The first-order chi connectivity index (χ1) is 22.1. The zero-order valence-electron chi connectivity index (χ0n) is 26.7. The Kier molecular flexibility index (Phi) is 8.05. The van der Waals surface area contributed by atoms with Crippen LogP contribution in [0.5, 0.6) is 17.4 Å². The Labute approximate surface area is 269 Å². The van der Waals surface area contributed by atoms with Crippen molar-refractivity contribution in [3.05, 3.63) is 64.6 Å². The average molecular weight is 657 g/mol.